The smallest absolute Gasteiger partial charge is 0.109 e. The summed E-state index contributed by atoms with van der Waals surface area (Å²) in [4.78, 5) is 4.83. The Bertz CT molecular complexity index is 92.4. The predicted molar refractivity (Wildman–Crippen MR) is 30.4 cm³/mol. The third-order valence-electron chi connectivity index (χ3n) is 1.04. The predicted octanol–water partition coefficient (Wildman–Crippen LogP) is 0.401. The van der Waals surface area contributed by atoms with E-state index in [1.54, 1.807) is 6.26 Å². The molecular formula is C5H10N2O. The fourth-order valence-electron chi connectivity index (χ4n) is 0.607. The molecule has 3 nitrogen and oxygen atoms in total. The summed E-state index contributed by atoms with van der Waals surface area (Å²) in [7, 11) is 0. The molecule has 0 amide bonds. The lowest BCUT2D eigenvalue weighted by molar-refractivity contribution is -0.102. The first-order valence-corrected chi connectivity index (χ1v) is 2.73. The summed E-state index contributed by atoms with van der Waals surface area (Å²) in [6, 6.07) is 0. The van der Waals surface area contributed by atoms with E-state index in [0.29, 0.717) is 0 Å². The quantitative estimate of drug-likeness (QED) is 0.463. The second kappa shape index (κ2) is 2.69. The fraction of sp³-hybridized carbons (Fsp3) is 0.600. The van der Waals surface area contributed by atoms with Gasteiger partial charge in [0.05, 0.1) is 6.54 Å². The molecule has 0 spiro atoms. The van der Waals surface area contributed by atoms with Crippen LogP contribution in [0.25, 0.3) is 0 Å². The number of nitrogens with zero attached hydrogens (tertiary/aromatic N) is 1. The van der Waals surface area contributed by atoms with Gasteiger partial charge in [0, 0.05) is 0 Å². The van der Waals surface area contributed by atoms with Crippen LogP contribution in [0.5, 0.6) is 0 Å². The minimum atomic E-state index is 0.812. The van der Waals surface area contributed by atoms with Gasteiger partial charge in [-0.3, -0.25) is 0 Å². The van der Waals surface area contributed by atoms with E-state index in [1.165, 1.54) is 5.17 Å². The van der Waals surface area contributed by atoms with Crippen LogP contribution in [0.15, 0.2) is 12.3 Å². The van der Waals surface area contributed by atoms with Crippen molar-refractivity contribution in [1.29, 1.82) is 0 Å². The van der Waals surface area contributed by atoms with Crippen LogP contribution in [0.3, 0.4) is 0 Å². The summed E-state index contributed by atoms with van der Waals surface area (Å²) in [6.07, 6.45) is 5.72. The number of hydroxylamine groups is 1. The highest BCUT2D eigenvalue weighted by molar-refractivity contribution is 4.74. The highest BCUT2D eigenvalue weighted by Gasteiger charge is 1.97. The molecule has 0 unspecified atom stereocenters. The van der Waals surface area contributed by atoms with Crippen molar-refractivity contribution in [2.75, 3.05) is 6.54 Å². The average molecular weight is 114 g/mol. The van der Waals surface area contributed by atoms with Crippen LogP contribution in [0.4, 0.5) is 0 Å². The number of nitrogens with two attached hydrogens (primary N) is 1. The van der Waals surface area contributed by atoms with Crippen molar-refractivity contribution in [3.63, 3.8) is 0 Å². The minimum absolute atomic E-state index is 0.812. The Hall–Kier alpha value is -0.540. The van der Waals surface area contributed by atoms with E-state index in [1.807, 2.05) is 6.08 Å². The zero-order valence-electron chi connectivity index (χ0n) is 4.71. The maximum atomic E-state index is 5.29. The molecule has 1 heterocycles. The topological polar surface area (TPSA) is 38.5 Å². The van der Waals surface area contributed by atoms with Gasteiger partial charge in [-0.1, -0.05) is 5.17 Å². The average Bonchev–Trinajstić information content (AvgIpc) is 1.94. The Morgan fingerprint density at radius 2 is 2.50 bits per heavy atom. The third kappa shape index (κ3) is 1.52. The molecule has 0 aromatic carbocycles. The Morgan fingerprint density at radius 3 is 3.38 bits per heavy atom. The Balaban J connectivity index is 2.30. The molecule has 2 N–H and O–H groups in total. The first-order chi connectivity index (χ1) is 3.89. The highest BCUT2D eigenvalue weighted by Crippen LogP contribution is 1.98. The van der Waals surface area contributed by atoms with Gasteiger partial charge < -0.3 is 4.84 Å². The molecule has 0 atom stereocenters. The van der Waals surface area contributed by atoms with Crippen LogP contribution < -0.4 is 5.84 Å². The van der Waals surface area contributed by atoms with Gasteiger partial charge in [0.15, 0.2) is 0 Å². The molecule has 0 aliphatic carbocycles. The molecule has 8 heavy (non-hydrogen) atoms. The zero-order chi connectivity index (χ0) is 5.82. The van der Waals surface area contributed by atoms with Gasteiger partial charge in [0.1, 0.15) is 6.26 Å². The van der Waals surface area contributed by atoms with E-state index in [2.05, 4.69) is 0 Å². The van der Waals surface area contributed by atoms with E-state index < -0.39 is 0 Å². The van der Waals surface area contributed by atoms with Crippen molar-refractivity contribution < 1.29 is 4.84 Å². The molecule has 0 saturated heterocycles. The molecule has 0 saturated carbocycles. The van der Waals surface area contributed by atoms with Gasteiger partial charge in [-0.2, -0.15) is 0 Å². The molecule has 0 aromatic heterocycles. The first kappa shape index (κ1) is 5.59. The monoisotopic (exact) mass is 114 g/mol. The van der Waals surface area contributed by atoms with Gasteiger partial charge in [0.2, 0.25) is 0 Å². The van der Waals surface area contributed by atoms with Crippen molar-refractivity contribution in [3.05, 3.63) is 12.3 Å². The van der Waals surface area contributed by atoms with Gasteiger partial charge in [0.25, 0.3) is 0 Å². The van der Waals surface area contributed by atoms with Gasteiger partial charge in [-0.25, -0.2) is 5.84 Å². The Labute approximate surface area is 48.6 Å². The van der Waals surface area contributed by atoms with Crippen LogP contribution in [0.2, 0.25) is 0 Å². The third-order valence-corrected chi connectivity index (χ3v) is 1.04. The molecule has 3 heteroatoms. The van der Waals surface area contributed by atoms with E-state index in [-0.39, 0.29) is 0 Å². The molecule has 0 fully saturated rings. The molecule has 1 aliphatic heterocycles. The number of rotatable bonds is 0. The molecule has 0 aromatic rings. The maximum absolute atomic E-state index is 5.29. The van der Waals surface area contributed by atoms with Crippen LogP contribution in [0.1, 0.15) is 12.8 Å². The summed E-state index contributed by atoms with van der Waals surface area (Å²) < 4.78 is 0. The van der Waals surface area contributed by atoms with Crippen molar-refractivity contribution >= 4 is 0 Å². The normalized spacial score (nSPS) is 22.1. The molecule has 46 valence electrons. The highest BCUT2D eigenvalue weighted by atomic mass is 16.7. The van der Waals surface area contributed by atoms with E-state index >= 15 is 0 Å². The minimum Gasteiger partial charge on any atom is -0.399 e. The van der Waals surface area contributed by atoms with Crippen LogP contribution in [0, 0.1) is 0 Å². The summed E-state index contributed by atoms with van der Waals surface area (Å²) in [5, 5.41) is 1.34. The van der Waals surface area contributed by atoms with Crippen molar-refractivity contribution in [2.45, 2.75) is 12.8 Å². The van der Waals surface area contributed by atoms with Crippen LogP contribution in [-0.4, -0.2) is 11.7 Å². The lowest BCUT2D eigenvalue weighted by Gasteiger charge is -2.09. The summed E-state index contributed by atoms with van der Waals surface area (Å²) >= 11 is 0. The fourth-order valence-corrected chi connectivity index (χ4v) is 0.607. The van der Waals surface area contributed by atoms with Crippen molar-refractivity contribution in [1.82, 2.24) is 5.17 Å². The van der Waals surface area contributed by atoms with E-state index in [0.717, 1.165) is 19.4 Å². The Morgan fingerprint density at radius 1 is 1.62 bits per heavy atom. The number of allylic oxidation sites excluding steroid dienone is 1. The van der Waals surface area contributed by atoms with E-state index in [4.69, 9.17) is 10.7 Å². The molecule has 0 bridgehead atoms. The number of hydrogen-bond donors (Lipinski definition) is 1. The van der Waals surface area contributed by atoms with Gasteiger partial charge in [-0.15, -0.1) is 0 Å². The molecular weight excluding hydrogens is 104 g/mol. The zero-order valence-corrected chi connectivity index (χ0v) is 4.71. The van der Waals surface area contributed by atoms with Gasteiger partial charge in [-0.05, 0) is 18.9 Å². The first-order valence-electron chi connectivity index (χ1n) is 2.73. The van der Waals surface area contributed by atoms with Crippen LogP contribution >= 0.6 is 0 Å². The maximum Gasteiger partial charge on any atom is 0.109 e. The van der Waals surface area contributed by atoms with Gasteiger partial charge >= 0.3 is 0 Å². The lowest BCUT2D eigenvalue weighted by Crippen LogP contribution is -2.29. The SMILES string of the molecule is NN1CCCC=CO1. The van der Waals surface area contributed by atoms with Crippen molar-refractivity contribution in [3.8, 4) is 0 Å². The molecule has 0 radical (unpaired) electrons. The standard InChI is InChI=1S/C5H10N2O/c6-7-4-2-1-3-5-8-7/h3,5H,1-2,4,6H2. The number of hydrazine groups is 1. The van der Waals surface area contributed by atoms with E-state index in [9.17, 15) is 0 Å². The second-order valence-corrected chi connectivity index (χ2v) is 1.76. The Kier molecular flexibility index (Phi) is 1.88. The number of hydrogen-bond acceptors (Lipinski definition) is 3. The summed E-state index contributed by atoms with van der Waals surface area (Å²) in [5.74, 6) is 5.29. The molecule has 1 rings (SSSR count). The summed E-state index contributed by atoms with van der Waals surface area (Å²) in [5.41, 5.74) is 0. The van der Waals surface area contributed by atoms with Crippen LogP contribution in [-0.2, 0) is 4.84 Å². The second-order valence-electron chi connectivity index (χ2n) is 1.76. The lowest BCUT2D eigenvalue weighted by atomic mass is 10.3. The summed E-state index contributed by atoms with van der Waals surface area (Å²) in [6.45, 7) is 0.812. The molecule has 1 aliphatic rings. The largest absolute Gasteiger partial charge is 0.399 e. The van der Waals surface area contributed by atoms with Crippen molar-refractivity contribution in [2.24, 2.45) is 5.84 Å².